The van der Waals surface area contributed by atoms with E-state index in [4.69, 9.17) is 16.3 Å². The van der Waals surface area contributed by atoms with Gasteiger partial charge in [0.05, 0.1) is 12.2 Å². The average Bonchev–Trinajstić information content (AvgIpc) is 2.36. The Morgan fingerprint density at radius 2 is 1.94 bits per heavy atom. The van der Waals surface area contributed by atoms with Gasteiger partial charge >= 0.3 is 11.9 Å². The van der Waals surface area contributed by atoms with E-state index in [0.29, 0.717) is 5.56 Å². The van der Waals surface area contributed by atoms with Crippen LogP contribution in [0.5, 0.6) is 0 Å². The van der Waals surface area contributed by atoms with Crippen molar-refractivity contribution in [2.24, 2.45) is 0 Å². The first kappa shape index (κ1) is 13.3. The monoisotopic (exact) mass is 254 g/mol. The lowest BCUT2D eigenvalue weighted by Crippen LogP contribution is -2.06. The van der Waals surface area contributed by atoms with Crippen LogP contribution in [0.25, 0.3) is 0 Å². The molecule has 0 fully saturated rings. The second-order valence-corrected chi connectivity index (χ2v) is 3.36. The molecular weight excluding hydrogens is 244 g/mol. The Kier molecular flexibility index (Phi) is 5.23. The van der Waals surface area contributed by atoms with Gasteiger partial charge in [0.1, 0.15) is 6.26 Å². The zero-order valence-electron chi connectivity index (χ0n) is 9.18. The molecule has 0 aliphatic rings. The van der Waals surface area contributed by atoms with Crippen molar-refractivity contribution in [2.75, 3.05) is 6.61 Å². The van der Waals surface area contributed by atoms with Gasteiger partial charge in [0.25, 0.3) is 0 Å². The van der Waals surface area contributed by atoms with Gasteiger partial charge in [0.15, 0.2) is 5.03 Å². The summed E-state index contributed by atoms with van der Waals surface area (Å²) in [5.74, 6) is -1.32. The third kappa shape index (κ3) is 4.28. The van der Waals surface area contributed by atoms with E-state index in [1.807, 2.05) is 0 Å². The molecule has 1 rings (SSSR count). The number of hydrogen-bond acceptors (Lipinski definition) is 4. The highest BCUT2D eigenvalue weighted by Crippen LogP contribution is 2.07. The predicted molar refractivity (Wildman–Crippen MR) is 62.4 cm³/mol. The van der Waals surface area contributed by atoms with Crippen LogP contribution >= 0.6 is 11.6 Å². The quantitative estimate of drug-likeness (QED) is 0.471. The van der Waals surface area contributed by atoms with E-state index in [9.17, 15) is 9.59 Å². The molecular formula is C12H11ClO4. The zero-order chi connectivity index (χ0) is 12.7. The number of esters is 2. The first-order valence-corrected chi connectivity index (χ1v) is 5.31. The summed E-state index contributed by atoms with van der Waals surface area (Å²) < 4.78 is 9.33. The van der Waals surface area contributed by atoms with Gasteiger partial charge in [-0.05, 0) is 19.1 Å². The highest BCUT2D eigenvalue weighted by atomic mass is 35.5. The second-order valence-electron chi connectivity index (χ2n) is 2.96. The topological polar surface area (TPSA) is 52.6 Å². The lowest BCUT2D eigenvalue weighted by Gasteiger charge is -2.01. The van der Waals surface area contributed by atoms with E-state index in [-0.39, 0.29) is 11.6 Å². The Morgan fingerprint density at radius 3 is 2.53 bits per heavy atom. The number of halogens is 1. The van der Waals surface area contributed by atoms with Crippen LogP contribution in [0.4, 0.5) is 0 Å². The third-order valence-electron chi connectivity index (χ3n) is 1.75. The summed E-state index contributed by atoms with van der Waals surface area (Å²) in [5, 5.41) is -0.281. The van der Waals surface area contributed by atoms with Gasteiger partial charge in [0, 0.05) is 0 Å². The van der Waals surface area contributed by atoms with Crippen LogP contribution in [0.3, 0.4) is 0 Å². The summed E-state index contributed by atoms with van der Waals surface area (Å²) in [6.45, 7) is 1.85. The molecule has 5 heteroatoms. The number of carbonyl (C=O) groups is 2. The number of rotatable bonds is 4. The van der Waals surface area contributed by atoms with Gasteiger partial charge in [-0.1, -0.05) is 29.8 Å². The van der Waals surface area contributed by atoms with Gasteiger partial charge < -0.3 is 9.47 Å². The Balaban J connectivity index is 2.59. The highest BCUT2D eigenvalue weighted by Gasteiger charge is 2.10. The van der Waals surface area contributed by atoms with Crippen LogP contribution in [-0.2, 0) is 14.3 Å². The van der Waals surface area contributed by atoms with E-state index in [0.717, 1.165) is 6.26 Å². The minimum Gasteiger partial charge on any atom is -0.462 e. The molecule has 1 aromatic rings. The van der Waals surface area contributed by atoms with Gasteiger partial charge in [-0.3, -0.25) is 0 Å². The van der Waals surface area contributed by atoms with Crippen molar-refractivity contribution in [1.29, 1.82) is 0 Å². The van der Waals surface area contributed by atoms with E-state index >= 15 is 0 Å². The first-order valence-electron chi connectivity index (χ1n) is 4.94. The van der Waals surface area contributed by atoms with Crippen molar-refractivity contribution < 1.29 is 19.1 Å². The van der Waals surface area contributed by atoms with Crippen LogP contribution in [0.15, 0.2) is 41.6 Å². The number of ether oxygens (including phenoxy) is 2. The molecule has 0 aliphatic carbocycles. The molecule has 0 spiro atoms. The SMILES string of the molecule is CCOC(=O)/C(Cl)=C/OC(=O)c1ccccc1. The van der Waals surface area contributed by atoms with E-state index in [1.54, 1.807) is 37.3 Å². The number of hydrogen-bond donors (Lipinski definition) is 0. The minimum atomic E-state index is -0.727. The van der Waals surface area contributed by atoms with Crippen molar-refractivity contribution in [3.05, 3.63) is 47.2 Å². The first-order chi connectivity index (χ1) is 8.15. The lowest BCUT2D eigenvalue weighted by molar-refractivity contribution is -0.137. The summed E-state index contributed by atoms with van der Waals surface area (Å²) in [6, 6.07) is 8.36. The van der Waals surface area contributed by atoms with E-state index in [2.05, 4.69) is 4.74 Å². The van der Waals surface area contributed by atoms with Crippen molar-refractivity contribution in [2.45, 2.75) is 6.92 Å². The fourth-order valence-electron chi connectivity index (χ4n) is 0.996. The standard InChI is InChI=1S/C12H11ClO4/c1-2-16-12(15)10(13)8-17-11(14)9-6-4-3-5-7-9/h3-8H,2H2,1H3/b10-8-. The summed E-state index contributed by atoms with van der Waals surface area (Å²) >= 11 is 5.55. The number of carbonyl (C=O) groups excluding carboxylic acids is 2. The summed E-state index contributed by atoms with van der Waals surface area (Å²) in [6.07, 6.45) is 0.870. The zero-order valence-corrected chi connectivity index (χ0v) is 9.94. The highest BCUT2D eigenvalue weighted by molar-refractivity contribution is 6.41. The molecule has 0 radical (unpaired) electrons. The minimum absolute atomic E-state index is 0.204. The van der Waals surface area contributed by atoms with Crippen LogP contribution in [-0.4, -0.2) is 18.5 Å². The summed E-state index contributed by atoms with van der Waals surface area (Å²) in [5.41, 5.74) is 0.372. The molecule has 90 valence electrons. The third-order valence-corrected chi connectivity index (χ3v) is 1.99. The normalized spacial score (nSPS) is 10.8. The van der Waals surface area contributed by atoms with Gasteiger partial charge in [-0.2, -0.15) is 0 Å². The van der Waals surface area contributed by atoms with Crippen molar-refractivity contribution in [3.63, 3.8) is 0 Å². The van der Waals surface area contributed by atoms with Crippen LogP contribution < -0.4 is 0 Å². The van der Waals surface area contributed by atoms with Gasteiger partial charge in [-0.25, -0.2) is 9.59 Å². The van der Waals surface area contributed by atoms with E-state index < -0.39 is 11.9 Å². The van der Waals surface area contributed by atoms with Crippen molar-refractivity contribution in [3.8, 4) is 0 Å². The van der Waals surface area contributed by atoms with Gasteiger partial charge in [0.2, 0.25) is 0 Å². The molecule has 0 saturated heterocycles. The molecule has 0 amide bonds. The van der Waals surface area contributed by atoms with Crippen LogP contribution in [0.1, 0.15) is 17.3 Å². The molecule has 0 aliphatic heterocycles. The maximum atomic E-state index is 11.5. The fraction of sp³-hybridized carbons (Fsp3) is 0.167. The largest absolute Gasteiger partial charge is 0.462 e. The molecule has 0 bridgehead atoms. The molecule has 17 heavy (non-hydrogen) atoms. The molecule has 0 heterocycles. The maximum Gasteiger partial charge on any atom is 0.352 e. The van der Waals surface area contributed by atoms with Crippen molar-refractivity contribution >= 4 is 23.5 Å². The second kappa shape index (κ2) is 6.70. The van der Waals surface area contributed by atoms with Gasteiger partial charge in [-0.15, -0.1) is 0 Å². The molecule has 0 aromatic heterocycles. The Bertz CT molecular complexity index is 425. The Morgan fingerprint density at radius 1 is 1.29 bits per heavy atom. The van der Waals surface area contributed by atoms with Crippen molar-refractivity contribution in [1.82, 2.24) is 0 Å². The smallest absolute Gasteiger partial charge is 0.352 e. The lowest BCUT2D eigenvalue weighted by atomic mass is 10.2. The fourth-order valence-corrected chi connectivity index (χ4v) is 1.09. The summed E-state index contributed by atoms with van der Waals surface area (Å²) in [7, 11) is 0. The maximum absolute atomic E-state index is 11.5. The molecule has 1 aromatic carbocycles. The molecule has 0 unspecified atom stereocenters. The Hall–Kier alpha value is -1.81. The molecule has 0 saturated carbocycles. The number of benzene rings is 1. The molecule has 0 N–H and O–H groups in total. The van der Waals surface area contributed by atoms with Crippen LogP contribution in [0, 0.1) is 0 Å². The molecule has 0 atom stereocenters. The van der Waals surface area contributed by atoms with Crippen LogP contribution in [0.2, 0.25) is 0 Å². The summed E-state index contributed by atoms with van der Waals surface area (Å²) in [4.78, 5) is 22.5. The van der Waals surface area contributed by atoms with E-state index in [1.165, 1.54) is 0 Å². The molecule has 4 nitrogen and oxygen atoms in total. The predicted octanol–water partition coefficient (Wildman–Crippen LogP) is 2.49. The average molecular weight is 255 g/mol. The Labute approximate surface area is 104 Å².